The highest BCUT2D eigenvalue weighted by Gasteiger charge is 2.03. The zero-order valence-electron chi connectivity index (χ0n) is 8.12. The Bertz CT molecular complexity index is 382. The quantitative estimate of drug-likeness (QED) is 0.727. The Morgan fingerprint density at radius 3 is 3.00 bits per heavy atom. The fourth-order valence-corrected chi connectivity index (χ4v) is 1.21. The van der Waals surface area contributed by atoms with Crippen molar-refractivity contribution < 1.29 is 0 Å². The van der Waals surface area contributed by atoms with Crippen LogP contribution in [0.3, 0.4) is 0 Å². The van der Waals surface area contributed by atoms with Crippen LogP contribution in [0.4, 0.5) is 0 Å². The number of nitrogens with one attached hydrogen (secondary N) is 1. The maximum atomic E-state index is 8.72. The van der Waals surface area contributed by atoms with Crippen molar-refractivity contribution in [2.75, 3.05) is 6.54 Å². The molecule has 2 nitrogen and oxygen atoms in total. The van der Waals surface area contributed by atoms with Crippen LogP contribution in [-0.2, 0) is 0 Å². The minimum atomic E-state index is 0.180. The summed E-state index contributed by atoms with van der Waals surface area (Å²) in [6.07, 6.45) is 5.15. The summed E-state index contributed by atoms with van der Waals surface area (Å²) in [5.74, 6) is 2.52. The Balaban J connectivity index is 2.76. The normalized spacial score (nSPS) is 11.4. The summed E-state index contributed by atoms with van der Waals surface area (Å²) in [5.41, 5.74) is 1.76. The Morgan fingerprint density at radius 1 is 1.57 bits per heavy atom. The number of terminal acetylenes is 1. The van der Waals surface area contributed by atoms with Crippen molar-refractivity contribution in [1.29, 1.82) is 5.26 Å². The van der Waals surface area contributed by atoms with E-state index in [9.17, 15) is 0 Å². The number of hydrogen-bond donors (Lipinski definition) is 1. The lowest BCUT2D eigenvalue weighted by Gasteiger charge is -2.11. The molecule has 0 amide bonds. The molecule has 0 aliphatic rings. The van der Waals surface area contributed by atoms with Gasteiger partial charge in [0, 0.05) is 6.04 Å². The highest BCUT2D eigenvalue weighted by Crippen LogP contribution is 2.13. The minimum absolute atomic E-state index is 0.180. The lowest BCUT2D eigenvalue weighted by Crippen LogP contribution is -2.18. The van der Waals surface area contributed by atoms with Gasteiger partial charge in [-0.25, -0.2) is 0 Å². The van der Waals surface area contributed by atoms with Crippen LogP contribution in [0.1, 0.15) is 24.1 Å². The maximum Gasteiger partial charge on any atom is 0.0991 e. The molecule has 14 heavy (non-hydrogen) atoms. The molecule has 1 atom stereocenters. The molecule has 0 radical (unpaired) electrons. The predicted octanol–water partition coefficient (Wildman–Crippen LogP) is 1.84. The van der Waals surface area contributed by atoms with E-state index in [1.165, 1.54) is 0 Å². The summed E-state index contributed by atoms with van der Waals surface area (Å²) in [5, 5.41) is 11.9. The molecular weight excluding hydrogens is 172 g/mol. The van der Waals surface area contributed by atoms with Gasteiger partial charge in [0.15, 0.2) is 0 Å². The SMILES string of the molecule is C#CCNC(C)c1cccc(C#N)c1. The highest BCUT2D eigenvalue weighted by molar-refractivity contribution is 5.34. The molecular formula is C12H12N2. The molecule has 0 aromatic heterocycles. The molecule has 0 aliphatic heterocycles. The minimum Gasteiger partial charge on any atom is -0.300 e. The monoisotopic (exact) mass is 184 g/mol. The summed E-state index contributed by atoms with van der Waals surface area (Å²) < 4.78 is 0. The van der Waals surface area contributed by atoms with E-state index in [4.69, 9.17) is 11.7 Å². The van der Waals surface area contributed by atoms with Crippen molar-refractivity contribution in [1.82, 2.24) is 5.32 Å². The average molecular weight is 184 g/mol. The van der Waals surface area contributed by atoms with E-state index in [-0.39, 0.29) is 6.04 Å². The van der Waals surface area contributed by atoms with Gasteiger partial charge < -0.3 is 0 Å². The topological polar surface area (TPSA) is 35.8 Å². The van der Waals surface area contributed by atoms with Crippen LogP contribution in [0.15, 0.2) is 24.3 Å². The van der Waals surface area contributed by atoms with Gasteiger partial charge in [-0.1, -0.05) is 18.1 Å². The van der Waals surface area contributed by atoms with Crippen molar-refractivity contribution in [2.24, 2.45) is 0 Å². The Morgan fingerprint density at radius 2 is 2.36 bits per heavy atom. The Labute approximate surface area is 84.6 Å². The van der Waals surface area contributed by atoms with Gasteiger partial charge in [0.05, 0.1) is 18.2 Å². The predicted molar refractivity (Wildman–Crippen MR) is 56.4 cm³/mol. The molecule has 0 aliphatic carbocycles. The standard InChI is InChI=1S/C12H12N2/c1-3-7-14-10(2)12-6-4-5-11(8-12)9-13/h1,4-6,8,10,14H,7H2,2H3. The first-order chi connectivity index (χ1) is 6.77. The highest BCUT2D eigenvalue weighted by atomic mass is 14.9. The van der Waals surface area contributed by atoms with Crippen LogP contribution in [0.5, 0.6) is 0 Å². The van der Waals surface area contributed by atoms with E-state index < -0.39 is 0 Å². The summed E-state index contributed by atoms with van der Waals surface area (Å²) in [6, 6.07) is 9.81. The van der Waals surface area contributed by atoms with Crippen molar-refractivity contribution in [3.05, 3.63) is 35.4 Å². The van der Waals surface area contributed by atoms with Gasteiger partial charge in [-0.05, 0) is 24.6 Å². The van der Waals surface area contributed by atoms with Crippen LogP contribution in [0, 0.1) is 23.7 Å². The molecule has 0 bridgehead atoms. The van der Waals surface area contributed by atoms with Crippen LogP contribution in [-0.4, -0.2) is 6.54 Å². The maximum absolute atomic E-state index is 8.72. The zero-order chi connectivity index (χ0) is 10.4. The second kappa shape index (κ2) is 5.07. The molecule has 1 aromatic carbocycles. The van der Waals surface area contributed by atoms with Crippen LogP contribution < -0.4 is 5.32 Å². The van der Waals surface area contributed by atoms with Crippen LogP contribution in [0.2, 0.25) is 0 Å². The Kier molecular flexibility index (Phi) is 3.73. The fraction of sp³-hybridized carbons (Fsp3) is 0.250. The van der Waals surface area contributed by atoms with E-state index in [2.05, 4.69) is 17.3 Å². The molecule has 0 saturated carbocycles. The molecule has 1 unspecified atom stereocenters. The lowest BCUT2D eigenvalue weighted by molar-refractivity contribution is 0.623. The van der Waals surface area contributed by atoms with Gasteiger partial charge in [0.2, 0.25) is 0 Å². The smallest absolute Gasteiger partial charge is 0.0991 e. The van der Waals surface area contributed by atoms with Crippen molar-refractivity contribution >= 4 is 0 Å². The van der Waals surface area contributed by atoms with Crippen molar-refractivity contribution in [2.45, 2.75) is 13.0 Å². The first kappa shape index (κ1) is 10.3. The number of rotatable bonds is 3. The van der Waals surface area contributed by atoms with E-state index >= 15 is 0 Å². The number of nitriles is 1. The van der Waals surface area contributed by atoms with Crippen molar-refractivity contribution in [3.8, 4) is 18.4 Å². The molecule has 1 rings (SSSR count). The lowest BCUT2D eigenvalue weighted by atomic mass is 10.1. The van der Waals surface area contributed by atoms with Gasteiger partial charge in [-0.15, -0.1) is 6.42 Å². The third-order valence-corrected chi connectivity index (χ3v) is 2.03. The van der Waals surface area contributed by atoms with E-state index in [1.54, 1.807) is 6.07 Å². The first-order valence-corrected chi connectivity index (χ1v) is 4.45. The summed E-state index contributed by atoms with van der Waals surface area (Å²) in [7, 11) is 0. The molecule has 70 valence electrons. The summed E-state index contributed by atoms with van der Waals surface area (Å²) in [4.78, 5) is 0. The van der Waals surface area contributed by atoms with Crippen LogP contribution in [0.25, 0.3) is 0 Å². The average Bonchev–Trinajstić information content (AvgIpc) is 2.26. The zero-order valence-corrected chi connectivity index (χ0v) is 8.12. The molecule has 0 spiro atoms. The largest absolute Gasteiger partial charge is 0.300 e. The van der Waals surface area contributed by atoms with Gasteiger partial charge in [-0.2, -0.15) is 5.26 Å². The molecule has 2 heteroatoms. The van der Waals surface area contributed by atoms with E-state index in [0.717, 1.165) is 5.56 Å². The summed E-state index contributed by atoms with van der Waals surface area (Å²) >= 11 is 0. The van der Waals surface area contributed by atoms with E-state index in [1.807, 2.05) is 25.1 Å². The molecule has 1 N–H and O–H groups in total. The van der Waals surface area contributed by atoms with Crippen molar-refractivity contribution in [3.63, 3.8) is 0 Å². The molecule has 0 heterocycles. The second-order valence-electron chi connectivity index (χ2n) is 3.04. The first-order valence-electron chi connectivity index (χ1n) is 4.45. The van der Waals surface area contributed by atoms with Gasteiger partial charge in [0.1, 0.15) is 0 Å². The molecule has 0 saturated heterocycles. The van der Waals surface area contributed by atoms with Crippen LogP contribution >= 0.6 is 0 Å². The molecule has 0 fully saturated rings. The third-order valence-electron chi connectivity index (χ3n) is 2.03. The number of hydrogen-bond acceptors (Lipinski definition) is 2. The van der Waals surface area contributed by atoms with Gasteiger partial charge >= 0.3 is 0 Å². The fourth-order valence-electron chi connectivity index (χ4n) is 1.21. The molecule has 1 aromatic rings. The van der Waals surface area contributed by atoms with Gasteiger partial charge in [0.25, 0.3) is 0 Å². The van der Waals surface area contributed by atoms with E-state index in [0.29, 0.717) is 12.1 Å². The van der Waals surface area contributed by atoms with Gasteiger partial charge in [-0.3, -0.25) is 5.32 Å². The number of nitrogens with zero attached hydrogens (tertiary/aromatic N) is 1. The third kappa shape index (κ3) is 2.62. The number of benzene rings is 1. The second-order valence-corrected chi connectivity index (χ2v) is 3.04. The Hall–Kier alpha value is -1.77. The summed E-state index contributed by atoms with van der Waals surface area (Å²) in [6.45, 7) is 2.56.